The van der Waals surface area contributed by atoms with E-state index in [1.165, 1.54) is 6.08 Å². The number of quaternary nitrogens is 1. The molecule has 0 saturated carbocycles. The maximum atomic E-state index is 11.2. The van der Waals surface area contributed by atoms with Crippen LogP contribution in [0.5, 0.6) is 0 Å². The Morgan fingerprint density at radius 3 is 2.04 bits per heavy atom. The molecule has 0 bridgehead atoms. The topological polar surface area (TPSA) is 143 Å². The first-order chi connectivity index (χ1) is 12.2. The van der Waals surface area contributed by atoms with Crippen molar-refractivity contribution in [1.82, 2.24) is 10.6 Å². The van der Waals surface area contributed by atoms with Crippen molar-refractivity contribution < 1.29 is 32.5 Å². The minimum Gasteiger partial charge on any atom is -0.870 e. The summed E-state index contributed by atoms with van der Waals surface area (Å²) in [4.78, 5) is 21.6. The fraction of sp³-hybridized carbons (Fsp3) is 0.667. The number of hydrogen-bond acceptors (Lipinski definition) is 5. The van der Waals surface area contributed by atoms with Crippen LogP contribution in [0.1, 0.15) is 33.6 Å². The highest BCUT2D eigenvalue weighted by molar-refractivity contribution is 7.85. The average Bonchev–Trinajstić information content (AvgIpc) is 2.49. The molecular formula is C18H37N3O6S. The first-order valence-electron chi connectivity index (χ1n) is 8.84. The second-order valence-corrected chi connectivity index (χ2v) is 8.85. The van der Waals surface area contributed by atoms with E-state index < -0.39 is 10.1 Å². The summed E-state index contributed by atoms with van der Waals surface area (Å²) >= 11 is 0. The van der Waals surface area contributed by atoms with Crippen LogP contribution in [-0.2, 0) is 19.7 Å². The second-order valence-electron chi connectivity index (χ2n) is 7.28. The van der Waals surface area contributed by atoms with Gasteiger partial charge in [-0.2, -0.15) is 8.42 Å². The molecule has 0 rings (SSSR count). The number of nitrogens with one attached hydrogen (secondary N) is 2. The van der Waals surface area contributed by atoms with Gasteiger partial charge in [-0.15, -0.1) is 0 Å². The molecule has 166 valence electrons. The van der Waals surface area contributed by atoms with Gasteiger partial charge in [0.05, 0.1) is 32.9 Å². The predicted molar refractivity (Wildman–Crippen MR) is 111 cm³/mol. The minimum absolute atomic E-state index is 0. The van der Waals surface area contributed by atoms with Crippen molar-refractivity contribution in [3.05, 3.63) is 24.8 Å². The van der Waals surface area contributed by atoms with Gasteiger partial charge in [-0.1, -0.05) is 13.2 Å². The zero-order chi connectivity index (χ0) is 21.7. The Bertz CT molecular complexity index is 600. The fourth-order valence-electron chi connectivity index (χ4n) is 1.99. The second kappa shape index (κ2) is 15.2. The molecule has 0 aliphatic carbocycles. The number of carbonyl (C=O) groups is 2. The largest absolute Gasteiger partial charge is 0.870 e. The van der Waals surface area contributed by atoms with Crippen LogP contribution in [0.4, 0.5) is 0 Å². The van der Waals surface area contributed by atoms with Gasteiger partial charge in [0.2, 0.25) is 11.8 Å². The number of carbonyl (C=O) groups excluding carboxylic acids is 2. The van der Waals surface area contributed by atoms with Gasteiger partial charge in [0, 0.05) is 31.0 Å². The molecule has 0 spiro atoms. The van der Waals surface area contributed by atoms with Crippen molar-refractivity contribution in [3.63, 3.8) is 0 Å². The molecule has 0 aromatic carbocycles. The monoisotopic (exact) mass is 423 g/mol. The average molecular weight is 424 g/mol. The molecule has 4 N–H and O–H groups in total. The molecule has 0 aromatic rings. The highest BCUT2D eigenvalue weighted by Gasteiger charge is 2.16. The Morgan fingerprint density at radius 1 is 1.18 bits per heavy atom. The first-order valence-corrected chi connectivity index (χ1v) is 10.4. The van der Waals surface area contributed by atoms with E-state index in [0.29, 0.717) is 29.6 Å². The van der Waals surface area contributed by atoms with Gasteiger partial charge < -0.3 is 20.6 Å². The molecule has 0 aromatic heterocycles. The van der Waals surface area contributed by atoms with E-state index in [1.54, 1.807) is 6.92 Å². The van der Waals surface area contributed by atoms with Gasteiger partial charge in [0.1, 0.15) is 0 Å². The zero-order valence-electron chi connectivity index (χ0n) is 17.7. The van der Waals surface area contributed by atoms with E-state index in [2.05, 4.69) is 23.8 Å². The van der Waals surface area contributed by atoms with Crippen molar-refractivity contribution in [2.24, 2.45) is 0 Å². The van der Waals surface area contributed by atoms with Crippen molar-refractivity contribution in [1.29, 1.82) is 0 Å². The van der Waals surface area contributed by atoms with Crippen LogP contribution in [0, 0.1) is 0 Å². The van der Waals surface area contributed by atoms with Crippen molar-refractivity contribution in [2.45, 2.75) is 39.7 Å². The summed E-state index contributed by atoms with van der Waals surface area (Å²) in [5, 5.41) is 5.39. The van der Waals surface area contributed by atoms with E-state index in [-0.39, 0.29) is 29.1 Å². The lowest BCUT2D eigenvalue weighted by molar-refractivity contribution is -0.890. The van der Waals surface area contributed by atoms with Gasteiger partial charge >= 0.3 is 0 Å². The SMILES string of the molecule is C=C(C)C(=O)NCCC[N+](C)(C)CCCS(=O)(=O)O.C=CC(=O)NC(C)C.[OH-]. The molecule has 2 amide bonds. The molecular weight excluding hydrogens is 386 g/mol. The van der Waals surface area contributed by atoms with Gasteiger partial charge in [0.25, 0.3) is 10.1 Å². The van der Waals surface area contributed by atoms with E-state index in [1.807, 2.05) is 27.9 Å². The summed E-state index contributed by atoms with van der Waals surface area (Å²) in [5.41, 5.74) is 0.488. The van der Waals surface area contributed by atoms with Gasteiger partial charge in [-0.05, 0) is 26.8 Å². The van der Waals surface area contributed by atoms with Crippen molar-refractivity contribution in [3.8, 4) is 0 Å². The third-order valence-corrected chi connectivity index (χ3v) is 4.20. The van der Waals surface area contributed by atoms with Gasteiger partial charge in [0.15, 0.2) is 0 Å². The van der Waals surface area contributed by atoms with Crippen LogP contribution in [0.25, 0.3) is 0 Å². The normalized spacial score (nSPS) is 10.8. The summed E-state index contributed by atoms with van der Waals surface area (Å²) in [6, 6.07) is 0.209. The van der Waals surface area contributed by atoms with Gasteiger partial charge in [-0.25, -0.2) is 0 Å². The Labute approximate surface area is 169 Å². The maximum Gasteiger partial charge on any atom is 0.265 e. The molecule has 0 saturated heterocycles. The lowest BCUT2D eigenvalue weighted by atomic mass is 10.3. The molecule has 0 aliphatic heterocycles. The molecule has 0 fully saturated rings. The quantitative estimate of drug-likeness (QED) is 0.195. The minimum atomic E-state index is -3.87. The lowest BCUT2D eigenvalue weighted by Crippen LogP contribution is -2.43. The summed E-state index contributed by atoms with van der Waals surface area (Å²) in [7, 11) is 0.112. The number of amides is 2. The highest BCUT2D eigenvalue weighted by Crippen LogP contribution is 2.02. The molecule has 28 heavy (non-hydrogen) atoms. The highest BCUT2D eigenvalue weighted by atomic mass is 32.2. The Morgan fingerprint density at radius 2 is 1.68 bits per heavy atom. The summed E-state index contributed by atoms with van der Waals surface area (Å²) in [6.07, 6.45) is 2.49. The van der Waals surface area contributed by atoms with E-state index >= 15 is 0 Å². The van der Waals surface area contributed by atoms with Crippen LogP contribution >= 0.6 is 0 Å². The molecule has 10 heteroatoms. The summed E-state index contributed by atoms with van der Waals surface area (Å²) in [5.74, 6) is -0.460. The first kappa shape index (κ1) is 31.0. The predicted octanol–water partition coefficient (Wildman–Crippen LogP) is 0.943. The maximum absolute atomic E-state index is 11.2. The molecule has 0 unspecified atom stereocenters. The third kappa shape index (κ3) is 22.3. The Kier molecular flexibility index (Phi) is 16.8. The molecule has 0 atom stereocenters. The third-order valence-electron chi connectivity index (χ3n) is 3.40. The molecule has 0 radical (unpaired) electrons. The lowest BCUT2D eigenvalue weighted by Gasteiger charge is -2.29. The Balaban J connectivity index is -0.000000587. The zero-order valence-corrected chi connectivity index (χ0v) is 18.5. The van der Waals surface area contributed by atoms with E-state index in [0.717, 1.165) is 13.0 Å². The van der Waals surface area contributed by atoms with Crippen molar-refractivity contribution >= 4 is 21.9 Å². The van der Waals surface area contributed by atoms with Crippen LogP contribution in [0.2, 0.25) is 0 Å². The van der Waals surface area contributed by atoms with Gasteiger partial charge in [-0.3, -0.25) is 14.1 Å². The van der Waals surface area contributed by atoms with Crippen molar-refractivity contribution in [2.75, 3.05) is 39.5 Å². The standard InChI is InChI=1S/C12H24N2O4S.C6H11NO.H2O/c1-11(2)12(15)13-7-5-8-14(3,4)9-6-10-19(16,17)18;1-4-6(8)7-5(2)3;/h1,5-10H2,2-4H3,(H-,13,15,16,17,18);4-5H,1H2,2-3H3,(H,7,8);1H2. The van der Waals surface area contributed by atoms with Crippen LogP contribution in [0.3, 0.4) is 0 Å². The van der Waals surface area contributed by atoms with Crippen LogP contribution < -0.4 is 10.6 Å². The fourth-order valence-corrected chi connectivity index (χ4v) is 2.48. The number of nitrogens with zero attached hydrogens (tertiary/aromatic N) is 1. The van der Waals surface area contributed by atoms with E-state index in [9.17, 15) is 18.0 Å². The molecule has 0 aliphatic rings. The number of hydrogen-bond donors (Lipinski definition) is 3. The number of rotatable bonds is 11. The molecule has 9 nitrogen and oxygen atoms in total. The van der Waals surface area contributed by atoms with E-state index in [4.69, 9.17) is 4.55 Å². The summed E-state index contributed by atoms with van der Waals surface area (Å²) < 4.78 is 30.5. The Hall–Kier alpha value is -1.75. The molecule has 0 heterocycles. The summed E-state index contributed by atoms with van der Waals surface area (Å²) in [6.45, 7) is 14.4. The smallest absolute Gasteiger partial charge is 0.265 e. The van der Waals surface area contributed by atoms with Crippen LogP contribution in [-0.4, -0.2) is 80.3 Å². The van der Waals surface area contributed by atoms with Crippen LogP contribution in [0.15, 0.2) is 24.8 Å².